The molecule has 3 nitrogen and oxygen atoms in total. The summed E-state index contributed by atoms with van der Waals surface area (Å²) in [6.07, 6.45) is 0. The van der Waals surface area contributed by atoms with Gasteiger partial charge in [0.1, 0.15) is 0 Å². The number of hydrogen-bond donors (Lipinski definition) is 1. The van der Waals surface area contributed by atoms with E-state index in [-0.39, 0.29) is 5.56 Å². The number of carboxylic acids is 1. The van der Waals surface area contributed by atoms with Crippen LogP contribution < -0.4 is 0 Å². The van der Waals surface area contributed by atoms with Gasteiger partial charge in [0.05, 0.1) is 17.2 Å². The maximum absolute atomic E-state index is 11.1. The molecule has 1 heterocycles. The molecular formula is C16H9NO2S. The zero-order valence-corrected chi connectivity index (χ0v) is 11.1. The van der Waals surface area contributed by atoms with E-state index in [9.17, 15) is 10.1 Å². The Morgan fingerprint density at radius 2 is 1.95 bits per heavy atom. The van der Waals surface area contributed by atoms with Crippen molar-refractivity contribution in [2.45, 2.75) is 0 Å². The molecule has 3 rings (SSSR count). The molecule has 0 radical (unpaired) electrons. The van der Waals surface area contributed by atoms with Gasteiger partial charge in [0.2, 0.25) is 0 Å². The quantitative estimate of drug-likeness (QED) is 0.767. The fourth-order valence-corrected chi connectivity index (χ4v) is 3.13. The molecule has 3 aromatic rings. The van der Waals surface area contributed by atoms with Crippen LogP contribution in [0.4, 0.5) is 0 Å². The average molecular weight is 279 g/mol. The zero-order valence-electron chi connectivity index (χ0n) is 10.3. The molecule has 0 aliphatic heterocycles. The van der Waals surface area contributed by atoms with Crippen molar-refractivity contribution in [3.05, 3.63) is 59.0 Å². The second kappa shape index (κ2) is 4.80. The molecule has 20 heavy (non-hydrogen) atoms. The molecule has 0 unspecified atom stereocenters. The Balaban J connectivity index is 2.29. The lowest BCUT2D eigenvalue weighted by Crippen LogP contribution is -1.94. The molecule has 0 saturated carbocycles. The molecule has 2 aromatic carbocycles. The summed E-state index contributed by atoms with van der Waals surface area (Å²) in [5, 5.41) is 21.1. The lowest BCUT2D eigenvalue weighted by Gasteiger charge is -2.03. The van der Waals surface area contributed by atoms with Gasteiger partial charge in [-0.2, -0.15) is 5.26 Å². The summed E-state index contributed by atoms with van der Waals surface area (Å²) in [6.45, 7) is 0. The highest BCUT2D eigenvalue weighted by Gasteiger charge is 2.12. The van der Waals surface area contributed by atoms with Crippen LogP contribution in [-0.2, 0) is 0 Å². The average Bonchev–Trinajstić information content (AvgIpc) is 2.89. The van der Waals surface area contributed by atoms with E-state index in [4.69, 9.17) is 5.11 Å². The van der Waals surface area contributed by atoms with Crippen molar-refractivity contribution in [2.75, 3.05) is 0 Å². The van der Waals surface area contributed by atoms with Crippen LogP contribution in [0.5, 0.6) is 0 Å². The fraction of sp³-hybridized carbons (Fsp3) is 0. The number of nitriles is 1. The highest BCUT2D eigenvalue weighted by atomic mass is 32.1. The van der Waals surface area contributed by atoms with E-state index in [2.05, 4.69) is 6.07 Å². The summed E-state index contributed by atoms with van der Waals surface area (Å²) >= 11 is 1.55. The Labute approximate surface area is 119 Å². The zero-order chi connectivity index (χ0) is 14.1. The van der Waals surface area contributed by atoms with Crippen LogP contribution in [-0.4, -0.2) is 11.1 Å². The Bertz CT molecular complexity index is 858. The van der Waals surface area contributed by atoms with Gasteiger partial charge in [0, 0.05) is 21.2 Å². The van der Waals surface area contributed by atoms with E-state index < -0.39 is 5.97 Å². The molecule has 0 fully saturated rings. The van der Waals surface area contributed by atoms with Crippen LogP contribution >= 0.6 is 11.3 Å². The summed E-state index contributed by atoms with van der Waals surface area (Å²) < 4.78 is 1.01. The van der Waals surface area contributed by atoms with Crippen LogP contribution in [0.15, 0.2) is 47.8 Å². The second-order valence-corrected chi connectivity index (χ2v) is 5.23. The SMILES string of the molecule is N#Cc1ccccc1-c1csc2ccc(C(=O)O)cc12. The van der Waals surface area contributed by atoms with Crippen LogP contribution in [0.1, 0.15) is 15.9 Å². The summed E-state index contributed by atoms with van der Waals surface area (Å²) in [7, 11) is 0. The molecular weight excluding hydrogens is 270 g/mol. The number of carboxylic acid groups (broad SMARTS) is 1. The van der Waals surface area contributed by atoms with Gasteiger partial charge in [0.15, 0.2) is 0 Å². The standard InChI is InChI=1S/C16H9NO2S/c17-8-11-3-1-2-4-12(11)14-9-20-15-6-5-10(16(18)19)7-13(14)15/h1-7,9H,(H,18,19). The van der Waals surface area contributed by atoms with Crippen molar-refractivity contribution >= 4 is 27.4 Å². The van der Waals surface area contributed by atoms with E-state index in [0.717, 1.165) is 21.2 Å². The van der Waals surface area contributed by atoms with Crippen molar-refractivity contribution in [3.63, 3.8) is 0 Å². The van der Waals surface area contributed by atoms with E-state index >= 15 is 0 Å². The molecule has 0 amide bonds. The molecule has 96 valence electrons. The molecule has 0 atom stereocenters. The molecule has 0 aliphatic rings. The third-order valence-corrected chi connectivity index (χ3v) is 4.12. The molecule has 0 bridgehead atoms. The summed E-state index contributed by atoms with van der Waals surface area (Å²) in [6, 6.07) is 14.6. The van der Waals surface area contributed by atoms with Crippen molar-refractivity contribution in [2.24, 2.45) is 0 Å². The van der Waals surface area contributed by atoms with Crippen LogP contribution in [0, 0.1) is 11.3 Å². The summed E-state index contributed by atoms with van der Waals surface area (Å²) in [5.74, 6) is -0.947. The minimum atomic E-state index is -0.947. The van der Waals surface area contributed by atoms with Crippen molar-refractivity contribution < 1.29 is 9.90 Å². The molecule has 1 N–H and O–H groups in total. The van der Waals surface area contributed by atoms with Gasteiger partial charge >= 0.3 is 5.97 Å². The smallest absolute Gasteiger partial charge is 0.335 e. The first-order valence-corrected chi connectivity index (χ1v) is 6.82. The van der Waals surface area contributed by atoms with Gasteiger partial charge in [-0.3, -0.25) is 0 Å². The first kappa shape index (κ1) is 12.4. The lowest BCUT2D eigenvalue weighted by molar-refractivity contribution is 0.0697. The van der Waals surface area contributed by atoms with E-state index in [0.29, 0.717) is 5.56 Å². The third kappa shape index (κ3) is 1.94. The van der Waals surface area contributed by atoms with Gasteiger partial charge in [-0.15, -0.1) is 11.3 Å². The molecule has 4 heteroatoms. The summed E-state index contributed by atoms with van der Waals surface area (Å²) in [4.78, 5) is 11.1. The molecule has 0 saturated heterocycles. The van der Waals surface area contributed by atoms with E-state index in [1.54, 1.807) is 29.5 Å². The summed E-state index contributed by atoms with van der Waals surface area (Å²) in [5.41, 5.74) is 2.59. The van der Waals surface area contributed by atoms with E-state index in [1.807, 2.05) is 29.6 Å². The van der Waals surface area contributed by atoms with Gasteiger partial charge in [-0.05, 0) is 29.6 Å². The number of benzene rings is 2. The topological polar surface area (TPSA) is 61.1 Å². The predicted octanol–water partition coefficient (Wildman–Crippen LogP) is 4.14. The minimum Gasteiger partial charge on any atom is -0.478 e. The monoisotopic (exact) mass is 279 g/mol. The molecule has 1 aromatic heterocycles. The van der Waals surface area contributed by atoms with Crippen molar-refractivity contribution in [3.8, 4) is 17.2 Å². The molecule has 0 aliphatic carbocycles. The maximum Gasteiger partial charge on any atom is 0.335 e. The predicted molar refractivity (Wildman–Crippen MR) is 78.9 cm³/mol. The first-order chi connectivity index (χ1) is 9.70. The van der Waals surface area contributed by atoms with Gasteiger partial charge < -0.3 is 5.11 Å². The van der Waals surface area contributed by atoms with Gasteiger partial charge in [-0.1, -0.05) is 18.2 Å². The van der Waals surface area contributed by atoms with E-state index in [1.165, 1.54) is 0 Å². The molecule has 0 spiro atoms. The lowest BCUT2D eigenvalue weighted by atomic mass is 9.99. The van der Waals surface area contributed by atoms with Gasteiger partial charge in [-0.25, -0.2) is 4.79 Å². The van der Waals surface area contributed by atoms with Crippen molar-refractivity contribution in [1.82, 2.24) is 0 Å². The highest BCUT2D eigenvalue weighted by Crippen LogP contribution is 2.36. The van der Waals surface area contributed by atoms with Crippen LogP contribution in [0.2, 0.25) is 0 Å². The third-order valence-electron chi connectivity index (χ3n) is 3.16. The number of hydrogen-bond acceptors (Lipinski definition) is 3. The highest BCUT2D eigenvalue weighted by molar-refractivity contribution is 7.17. The minimum absolute atomic E-state index is 0.256. The normalized spacial score (nSPS) is 10.3. The number of thiophene rings is 1. The Morgan fingerprint density at radius 3 is 2.70 bits per heavy atom. The fourth-order valence-electron chi connectivity index (χ4n) is 2.19. The van der Waals surface area contributed by atoms with Crippen LogP contribution in [0.3, 0.4) is 0 Å². The number of nitrogens with zero attached hydrogens (tertiary/aromatic N) is 1. The maximum atomic E-state index is 11.1. The number of aromatic carboxylic acids is 1. The second-order valence-electron chi connectivity index (χ2n) is 4.32. The Hall–Kier alpha value is -2.64. The van der Waals surface area contributed by atoms with Gasteiger partial charge in [0.25, 0.3) is 0 Å². The number of fused-ring (bicyclic) bond motifs is 1. The van der Waals surface area contributed by atoms with Crippen LogP contribution in [0.25, 0.3) is 21.2 Å². The number of rotatable bonds is 2. The van der Waals surface area contributed by atoms with Crippen molar-refractivity contribution in [1.29, 1.82) is 5.26 Å². The first-order valence-electron chi connectivity index (χ1n) is 5.95. The Morgan fingerprint density at radius 1 is 1.15 bits per heavy atom. The Kier molecular flexibility index (Phi) is 2.97. The number of carbonyl (C=O) groups is 1. The largest absolute Gasteiger partial charge is 0.478 e.